The molecule has 0 unspecified atom stereocenters. The lowest BCUT2D eigenvalue weighted by molar-refractivity contribution is 0.0739. The van der Waals surface area contributed by atoms with Crippen LogP contribution in [0.1, 0.15) is 20.8 Å². The van der Waals surface area contributed by atoms with Gasteiger partial charge >= 0.3 is 5.97 Å². The van der Waals surface area contributed by atoms with Gasteiger partial charge in [0, 0.05) is 10.6 Å². The Bertz CT molecular complexity index is 1280. The zero-order chi connectivity index (χ0) is 20.5. The number of rotatable bonds is 4. The monoisotopic (exact) mass is 428 g/mol. The molecule has 2 aromatic heterocycles. The van der Waals surface area contributed by atoms with E-state index >= 15 is 0 Å². The van der Waals surface area contributed by atoms with Crippen molar-refractivity contribution in [2.24, 2.45) is 0 Å². The quantitative estimate of drug-likeness (QED) is 0.345. The van der Waals surface area contributed by atoms with Crippen LogP contribution < -0.4 is 10.3 Å². The molecule has 4 rings (SSSR count). The lowest BCUT2D eigenvalue weighted by atomic mass is 10.2. The molecule has 0 aliphatic rings. The first-order valence-electron chi connectivity index (χ1n) is 8.63. The first-order chi connectivity index (χ1) is 13.9. The Morgan fingerprint density at radius 3 is 2.66 bits per heavy atom. The van der Waals surface area contributed by atoms with Crippen molar-refractivity contribution in [1.82, 2.24) is 9.55 Å². The molecular formula is C21H14ClFN2O3S. The molecular weight excluding hydrogens is 415 g/mol. The molecule has 0 radical (unpaired) electrons. The normalized spacial score (nSPS) is 11.0. The number of thiophene rings is 1. The number of carbonyl (C=O) groups is 1. The van der Waals surface area contributed by atoms with Gasteiger partial charge in [-0.15, -0.1) is 11.3 Å². The van der Waals surface area contributed by atoms with E-state index in [1.807, 2.05) is 0 Å². The van der Waals surface area contributed by atoms with Gasteiger partial charge in [-0.2, -0.15) is 0 Å². The minimum atomic E-state index is -0.576. The molecule has 0 amide bonds. The van der Waals surface area contributed by atoms with Gasteiger partial charge in [0.15, 0.2) is 0 Å². The SMILES string of the molecule is Cc1c(C(=O)Oc2ccc(Cl)cc2)sc2ncn(Cc3ccccc3F)c(=O)c12. The third kappa shape index (κ3) is 3.79. The van der Waals surface area contributed by atoms with Crippen LogP contribution in [0.25, 0.3) is 10.2 Å². The Kier molecular flexibility index (Phi) is 5.17. The van der Waals surface area contributed by atoms with Crippen LogP contribution in [0.3, 0.4) is 0 Å². The van der Waals surface area contributed by atoms with Gasteiger partial charge in [0.2, 0.25) is 0 Å². The maximum absolute atomic E-state index is 13.9. The molecule has 0 spiro atoms. The number of esters is 1. The number of carbonyl (C=O) groups excluding carboxylic acids is 1. The number of hydrogen-bond donors (Lipinski definition) is 0. The summed E-state index contributed by atoms with van der Waals surface area (Å²) in [6.45, 7) is 1.72. The molecule has 0 N–H and O–H groups in total. The van der Waals surface area contributed by atoms with E-state index in [2.05, 4.69) is 4.98 Å². The molecule has 0 fully saturated rings. The lowest BCUT2D eigenvalue weighted by Gasteiger charge is -2.06. The minimum absolute atomic E-state index is 0.0499. The molecule has 2 aromatic carbocycles. The Hall–Kier alpha value is -3.03. The average Bonchev–Trinajstić information content (AvgIpc) is 3.05. The highest BCUT2D eigenvalue weighted by atomic mass is 35.5. The van der Waals surface area contributed by atoms with Crippen LogP contribution in [0, 0.1) is 12.7 Å². The van der Waals surface area contributed by atoms with E-state index in [0.29, 0.717) is 37.0 Å². The van der Waals surface area contributed by atoms with Gasteiger partial charge in [0.25, 0.3) is 5.56 Å². The van der Waals surface area contributed by atoms with Crippen molar-refractivity contribution in [3.05, 3.63) is 92.1 Å². The predicted molar refractivity (Wildman–Crippen MR) is 111 cm³/mol. The van der Waals surface area contributed by atoms with Crippen molar-refractivity contribution in [1.29, 1.82) is 0 Å². The van der Waals surface area contributed by atoms with Crippen LogP contribution >= 0.6 is 22.9 Å². The standard InChI is InChI=1S/C21H14ClFN2O3S/c1-12-17-19(29-18(12)21(27)28-15-8-6-14(22)7-9-15)24-11-25(20(17)26)10-13-4-2-3-5-16(13)23/h2-9,11H,10H2,1H3. The third-order valence-electron chi connectivity index (χ3n) is 4.43. The Morgan fingerprint density at radius 2 is 1.93 bits per heavy atom. The van der Waals surface area contributed by atoms with E-state index in [9.17, 15) is 14.0 Å². The fraction of sp³-hybridized carbons (Fsp3) is 0.0952. The molecule has 2 heterocycles. The molecule has 29 heavy (non-hydrogen) atoms. The molecule has 0 saturated carbocycles. The number of fused-ring (bicyclic) bond motifs is 1. The molecule has 8 heteroatoms. The van der Waals surface area contributed by atoms with Crippen LogP contribution in [0.5, 0.6) is 5.75 Å². The third-order valence-corrected chi connectivity index (χ3v) is 5.86. The summed E-state index contributed by atoms with van der Waals surface area (Å²) in [5, 5.41) is 0.861. The summed E-state index contributed by atoms with van der Waals surface area (Å²) in [6.07, 6.45) is 1.36. The Labute approximate surface area is 174 Å². The van der Waals surface area contributed by atoms with E-state index in [4.69, 9.17) is 16.3 Å². The number of halogens is 2. The molecule has 0 saturated heterocycles. The van der Waals surface area contributed by atoms with E-state index < -0.39 is 11.8 Å². The van der Waals surface area contributed by atoms with Gasteiger partial charge in [-0.05, 0) is 42.8 Å². The summed E-state index contributed by atoms with van der Waals surface area (Å²) in [4.78, 5) is 30.5. The second kappa shape index (κ2) is 7.77. The number of benzene rings is 2. The topological polar surface area (TPSA) is 61.2 Å². The fourth-order valence-electron chi connectivity index (χ4n) is 2.93. The van der Waals surface area contributed by atoms with Crippen LogP contribution in [-0.2, 0) is 6.54 Å². The van der Waals surface area contributed by atoms with Gasteiger partial charge in [-0.1, -0.05) is 29.8 Å². The lowest BCUT2D eigenvalue weighted by Crippen LogP contribution is -2.21. The molecule has 4 aromatic rings. The van der Waals surface area contributed by atoms with Gasteiger partial charge in [0.1, 0.15) is 21.3 Å². The summed E-state index contributed by atoms with van der Waals surface area (Å²) in [6, 6.07) is 12.6. The van der Waals surface area contributed by atoms with Crippen molar-refractivity contribution < 1.29 is 13.9 Å². The zero-order valence-electron chi connectivity index (χ0n) is 15.2. The highest BCUT2D eigenvalue weighted by Crippen LogP contribution is 2.28. The highest BCUT2D eigenvalue weighted by molar-refractivity contribution is 7.20. The second-order valence-electron chi connectivity index (χ2n) is 6.35. The minimum Gasteiger partial charge on any atom is -0.422 e. The first kappa shape index (κ1) is 19.3. The zero-order valence-corrected chi connectivity index (χ0v) is 16.8. The van der Waals surface area contributed by atoms with E-state index in [-0.39, 0.29) is 12.1 Å². The van der Waals surface area contributed by atoms with Gasteiger partial charge in [-0.25, -0.2) is 14.2 Å². The maximum atomic E-state index is 13.9. The number of nitrogens with zero attached hydrogens (tertiary/aromatic N) is 2. The van der Waals surface area contributed by atoms with E-state index in [1.54, 1.807) is 49.4 Å². The van der Waals surface area contributed by atoms with Crippen molar-refractivity contribution in [2.45, 2.75) is 13.5 Å². The highest BCUT2D eigenvalue weighted by Gasteiger charge is 2.21. The Morgan fingerprint density at radius 1 is 1.21 bits per heavy atom. The summed E-state index contributed by atoms with van der Waals surface area (Å²) in [5.41, 5.74) is 0.535. The van der Waals surface area contributed by atoms with E-state index in [1.165, 1.54) is 17.0 Å². The maximum Gasteiger partial charge on any atom is 0.354 e. The van der Waals surface area contributed by atoms with Crippen molar-refractivity contribution >= 4 is 39.1 Å². The summed E-state index contributed by atoms with van der Waals surface area (Å²) >= 11 is 6.92. The van der Waals surface area contributed by atoms with Crippen LogP contribution in [0.15, 0.2) is 59.7 Å². The molecule has 0 atom stereocenters. The van der Waals surface area contributed by atoms with Crippen molar-refractivity contribution in [2.75, 3.05) is 0 Å². The average molecular weight is 429 g/mol. The van der Waals surface area contributed by atoms with Crippen LogP contribution in [-0.4, -0.2) is 15.5 Å². The van der Waals surface area contributed by atoms with Gasteiger partial charge in [0.05, 0.1) is 18.3 Å². The number of hydrogen-bond acceptors (Lipinski definition) is 5. The smallest absolute Gasteiger partial charge is 0.354 e. The van der Waals surface area contributed by atoms with Crippen molar-refractivity contribution in [3.8, 4) is 5.75 Å². The largest absolute Gasteiger partial charge is 0.422 e. The van der Waals surface area contributed by atoms with E-state index in [0.717, 1.165) is 11.3 Å². The number of aryl methyl sites for hydroxylation is 1. The molecule has 0 aliphatic carbocycles. The predicted octanol–water partition coefficient (Wildman–Crippen LogP) is 4.83. The molecule has 5 nitrogen and oxygen atoms in total. The summed E-state index contributed by atoms with van der Waals surface area (Å²) in [7, 11) is 0. The molecule has 146 valence electrons. The number of aromatic nitrogens is 2. The fourth-order valence-corrected chi connectivity index (χ4v) is 4.07. The first-order valence-corrected chi connectivity index (χ1v) is 9.83. The number of ether oxygens (including phenoxy) is 1. The van der Waals surface area contributed by atoms with Gasteiger partial charge in [-0.3, -0.25) is 9.36 Å². The van der Waals surface area contributed by atoms with Crippen LogP contribution in [0.2, 0.25) is 5.02 Å². The Balaban J connectivity index is 1.69. The molecule has 0 aliphatic heterocycles. The summed E-state index contributed by atoms with van der Waals surface area (Å²) in [5.74, 6) is -0.622. The summed E-state index contributed by atoms with van der Waals surface area (Å²) < 4.78 is 20.6. The van der Waals surface area contributed by atoms with Gasteiger partial charge < -0.3 is 4.74 Å². The molecule has 0 bridgehead atoms. The second-order valence-corrected chi connectivity index (χ2v) is 7.78. The van der Waals surface area contributed by atoms with Crippen molar-refractivity contribution in [3.63, 3.8) is 0 Å². The van der Waals surface area contributed by atoms with Crippen LogP contribution in [0.4, 0.5) is 4.39 Å².